The lowest BCUT2D eigenvalue weighted by atomic mass is 10.2. The molecule has 0 bridgehead atoms. The minimum atomic E-state index is -0.232. The van der Waals surface area contributed by atoms with E-state index in [-0.39, 0.29) is 23.6 Å². The van der Waals surface area contributed by atoms with Gasteiger partial charge in [0.2, 0.25) is 11.3 Å². The van der Waals surface area contributed by atoms with Gasteiger partial charge in [0, 0.05) is 34.6 Å². The molecule has 3 aromatic rings. The van der Waals surface area contributed by atoms with Crippen molar-refractivity contribution < 1.29 is 9.53 Å². The second kappa shape index (κ2) is 9.58. The van der Waals surface area contributed by atoms with E-state index >= 15 is 0 Å². The molecule has 0 saturated carbocycles. The van der Waals surface area contributed by atoms with Gasteiger partial charge in [-0.15, -0.1) is 0 Å². The number of benzene rings is 1. The summed E-state index contributed by atoms with van der Waals surface area (Å²) in [4.78, 5) is 33.7. The normalized spacial score (nSPS) is 10.7. The number of carbonyl (C=O) groups is 1. The third kappa shape index (κ3) is 5.70. The Bertz CT molecular complexity index is 1090. The predicted octanol–water partition coefficient (Wildman–Crippen LogP) is 3.50. The Hall–Kier alpha value is -3.13. The van der Waals surface area contributed by atoms with Crippen molar-refractivity contribution in [1.82, 2.24) is 14.5 Å². The zero-order valence-electron chi connectivity index (χ0n) is 17.4. The van der Waals surface area contributed by atoms with Gasteiger partial charge in [-0.25, -0.2) is 9.97 Å². The van der Waals surface area contributed by atoms with Crippen molar-refractivity contribution in [2.45, 2.75) is 38.2 Å². The van der Waals surface area contributed by atoms with E-state index in [0.717, 1.165) is 22.6 Å². The molecule has 0 aliphatic heterocycles. The molecule has 8 heteroatoms. The van der Waals surface area contributed by atoms with Crippen molar-refractivity contribution in [1.29, 1.82) is 0 Å². The van der Waals surface area contributed by atoms with Crippen molar-refractivity contribution in [3.05, 3.63) is 75.5 Å². The quantitative estimate of drug-likeness (QED) is 0.461. The topological polar surface area (TPSA) is 86.1 Å². The molecule has 1 aromatic carbocycles. The number of nitrogens with one attached hydrogen (secondary N) is 1. The zero-order valence-corrected chi connectivity index (χ0v) is 18.2. The van der Waals surface area contributed by atoms with Crippen LogP contribution in [0.2, 0.25) is 0 Å². The molecule has 0 unspecified atom stereocenters. The molecule has 0 radical (unpaired) electrons. The molecule has 0 spiro atoms. The van der Waals surface area contributed by atoms with Crippen molar-refractivity contribution in [3.8, 4) is 5.75 Å². The molecule has 0 atom stereocenters. The summed E-state index contributed by atoms with van der Waals surface area (Å²) in [6, 6.07) is 11.0. The number of anilines is 1. The molecule has 2 heterocycles. The Morgan fingerprint density at radius 3 is 2.40 bits per heavy atom. The lowest BCUT2D eigenvalue weighted by molar-refractivity contribution is -0.116. The Morgan fingerprint density at radius 1 is 1.10 bits per heavy atom. The largest absolute Gasteiger partial charge is 0.491 e. The Kier molecular flexibility index (Phi) is 6.89. The van der Waals surface area contributed by atoms with Gasteiger partial charge in [-0.3, -0.25) is 9.59 Å². The van der Waals surface area contributed by atoms with Crippen LogP contribution in [0.5, 0.6) is 5.75 Å². The first-order valence-electron chi connectivity index (χ1n) is 9.43. The van der Waals surface area contributed by atoms with E-state index in [4.69, 9.17) is 4.74 Å². The van der Waals surface area contributed by atoms with Gasteiger partial charge >= 0.3 is 0 Å². The molecule has 1 N–H and O–H groups in total. The number of aromatic nitrogens is 3. The summed E-state index contributed by atoms with van der Waals surface area (Å²) in [7, 11) is 1.44. The van der Waals surface area contributed by atoms with E-state index in [1.54, 1.807) is 10.8 Å². The SMILES string of the molecule is COc1cn(CC(=O)Nc2ccc(C)cc2)c(CSc2nc(C)cc(C)n2)cc1=O. The van der Waals surface area contributed by atoms with Crippen LogP contribution >= 0.6 is 11.8 Å². The maximum absolute atomic E-state index is 12.6. The number of thioether (sulfide) groups is 1. The average molecular weight is 425 g/mol. The summed E-state index contributed by atoms with van der Waals surface area (Å²) in [6.45, 7) is 5.87. The minimum absolute atomic E-state index is 0.0497. The van der Waals surface area contributed by atoms with Gasteiger partial charge < -0.3 is 14.6 Å². The van der Waals surface area contributed by atoms with Crippen molar-refractivity contribution >= 4 is 23.4 Å². The lowest BCUT2D eigenvalue weighted by Crippen LogP contribution is -2.22. The van der Waals surface area contributed by atoms with Crippen LogP contribution in [0.4, 0.5) is 5.69 Å². The third-order valence-electron chi connectivity index (χ3n) is 4.36. The number of amides is 1. The highest BCUT2D eigenvalue weighted by atomic mass is 32.2. The van der Waals surface area contributed by atoms with Gasteiger partial charge in [0.05, 0.1) is 13.3 Å². The Morgan fingerprint density at radius 2 is 1.77 bits per heavy atom. The molecular weight excluding hydrogens is 400 g/mol. The van der Waals surface area contributed by atoms with Crippen LogP contribution in [0.25, 0.3) is 0 Å². The number of pyridine rings is 1. The molecule has 3 rings (SSSR count). The van der Waals surface area contributed by atoms with E-state index in [9.17, 15) is 9.59 Å². The fourth-order valence-corrected chi connectivity index (χ4v) is 3.85. The van der Waals surface area contributed by atoms with Crippen LogP contribution < -0.4 is 15.5 Å². The standard InChI is InChI=1S/C22H24N4O3S/c1-14-5-7-17(8-6-14)25-21(28)12-26-11-20(29-4)19(27)10-18(26)13-30-22-23-15(2)9-16(3)24-22/h5-11H,12-13H2,1-4H3,(H,25,28). The van der Waals surface area contributed by atoms with Gasteiger partial charge in [0.25, 0.3) is 0 Å². The van der Waals surface area contributed by atoms with E-state index in [1.165, 1.54) is 24.9 Å². The molecule has 0 fully saturated rings. The first-order chi connectivity index (χ1) is 14.3. The van der Waals surface area contributed by atoms with Crippen LogP contribution in [0.3, 0.4) is 0 Å². The molecule has 7 nitrogen and oxygen atoms in total. The molecule has 156 valence electrons. The van der Waals surface area contributed by atoms with Crippen molar-refractivity contribution in [2.75, 3.05) is 12.4 Å². The molecule has 1 amide bonds. The third-order valence-corrected chi connectivity index (χ3v) is 5.24. The number of hydrogen-bond acceptors (Lipinski definition) is 6. The summed E-state index contributed by atoms with van der Waals surface area (Å²) < 4.78 is 6.87. The smallest absolute Gasteiger partial charge is 0.244 e. The number of ether oxygens (including phenoxy) is 1. The van der Waals surface area contributed by atoms with Crippen LogP contribution in [0, 0.1) is 20.8 Å². The Labute approximate surface area is 179 Å². The minimum Gasteiger partial charge on any atom is -0.491 e. The maximum Gasteiger partial charge on any atom is 0.244 e. The summed E-state index contributed by atoms with van der Waals surface area (Å²) >= 11 is 1.42. The van der Waals surface area contributed by atoms with E-state index in [1.807, 2.05) is 51.1 Å². The molecular formula is C22H24N4O3S. The number of nitrogens with zero attached hydrogens (tertiary/aromatic N) is 3. The number of methoxy groups -OCH3 is 1. The zero-order chi connectivity index (χ0) is 21.7. The number of rotatable bonds is 7. The van der Waals surface area contributed by atoms with Gasteiger partial charge in [-0.05, 0) is 39.0 Å². The predicted molar refractivity (Wildman–Crippen MR) is 118 cm³/mol. The van der Waals surface area contributed by atoms with Gasteiger partial charge in [-0.1, -0.05) is 29.5 Å². The fraction of sp³-hybridized carbons (Fsp3) is 0.273. The number of carbonyl (C=O) groups excluding carboxylic acids is 1. The highest BCUT2D eigenvalue weighted by Gasteiger charge is 2.12. The van der Waals surface area contributed by atoms with E-state index in [0.29, 0.717) is 16.6 Å². The first-order valence-corrected chi connectivity index (χ1v) is 10.4. The summed E-state index contributed by atoms with van der Waals surface area (Å²) in [5.74, 6) is 0.438. The molecule has 2 aromatic heterocycles. The average Bonchev–Trinajstić information content (AvgIpc) is 2.69. The summed E-state index contributed by atoms with van der Waals surface area (Å²) in [5.41, 5.74) is 4.06. The molecule has 0 aliphatic rings. The Balaban J connectivity index is 1.80. The highest BCUT2D eigenvalue weighted by Crippen LogP contribution is 2.21. The summed E-state index contributed by atoms with van der Waals surface area (Å²) in [6.07, 6.45) is 1.56. The lowest BCUT2D eigenvalue weighted by Gasteiger charge is -2.15. The molecule has 0 saturated heterocycles. The van der Waals surface area contributed by atoms with Crippen molar-refractivity contribution in [3.63, 3.8) is 0 Å². The maximum atomic E-state index is 12.6. The van der Waals surface area contributed by atoms with Gasteiger partial charge in [0.15, 0.2) is 10.9 Å². The van der Waals surface area contributed by atoms with Gasteiger partial charge in [-0.2, -0.15) is 0 Å². The molecule has 0 aliphatic carbocycles. The van der Waals surface area contributed by atoms with E-state index < -0.39 is 0 Å². The van der Waals surface area contributed by atoms with Crippen molar-refractivity contribution in [2.24, 2.45) is 0 Å². The fourth-order valence-electron chi connectivity index (χ4n) is 2.91. The molecule has 30 heavy (non-hydrogen) atoms. The highest BCUT2D eigenvalue weighted by molar-refractivity contribution is 7.98. The van der Waals surface area contributed by atoms with Crippen LogP contribution in [0.15, 0.2) is 52.5 Å². The number of hydrogen-bond donors (Lipinski definition) is 1. The van der Waals surface area contributed by atoms with Crippen LogP contribution in [-0.2, 0) is 17.1 Å². The van der Waals surface area contributed by atoms with E-state index in [2.05, 4.69) is 15.3 Å². The monoisotopic (exact) mass is 424 g/mol. The second-order valence-electron chi connectivity index (χ2n) is 6.96. The number of aryl methyl sites for hydroxylation is 3. The van der Waals surface area contributed by atoms with Crippen LogP contribution in [0.1, 0.15) is 22.6 Å². The van der Waals surface area contributed by atoms with Crippen LogP contribution in [-0.4, -0.2) is 27.6 Å². The first kappa shape index (κ1) is 21.6. The second-order valence-corrected chi connectivity index (χ2v) is 7.90. The van der Waals surface area contributed by atoms with Gasteiger partial charge in [0.1, 0.15) is 6.54 Å². The summed E-state index contributed by atoms with van der Waals surface area (Å²) in [5, 5.41) is 3.51.